The smallest absolute Gasteiger partial charge is 0.313 e. The molecule has 0 bridgehead atoms. The fourth-order valence-corrected chi connectivity index (χ4v) is 3.25. The lowest BCUT2D eigenvalue weighted by atomic mass is 10.2. The summed E-state index contributed by atoms with van der Waals surface area (Å²) in [5.41, 5.74) is 6.76. The van der Waals surface area contributed by atoms with Crippen LogP contribution in [0.15, 0.2) is 24.3 Å². The van der Waals surface area contributed by atoms with Gasteiger partial charge in [-0.1, -0.05) is 11.6 Å². The van der Waals surface area contributed by atoms with E-state index in [4.69, 9.17) is 17.3 Å². The Morgan fingerprint density at radius 1 is 1.32 bits per heavy atom. The third-order valence-electron chi connectivity index (χ3n) is 3.42. The van der Waals surface area contributed by atoms with E-state index in [-0.39, 0.29) is 6.61 Å². The van der Waals surface area contributed by atoms with E-state index in [2.05, 4.69) is 15.6 Å². The molecule has 2 amide bonds. The fraction of sp³-hybridized carbons (Fsp3) is 0.312. The summed E-state index contributed by atoms with van der Waals surface area (Å²) in [5.74, 6) is -1.58. The molecule has 0 saturated carbocycles. The second-order valence-electron chi connectivity index (χ2n) is 5.28. The van der Waals surface area contributed by atoms with E-state index in [0.717, 1.165) is 4.88 Å². The molecule has 1 heterocycles. The third-order valence-corrected chi connectivity index (χ3v) is 4.93. The van der Waals surface area contributed by atoms with Gasteiger partial charge < -0.3 is 21.5 Å². The van der Waals surface area contributed by atoms with Crippen molar-refractivity contribution in [2.75, 3.05) is 11.9 Å². The number of hydrogen-bond acceptors (Lipinski definition) is 6. The Kier molecular flexibility index (Phi) is 6.89. The van der Waals surface area contributed by atoms with Crippen LogP contribution in [0.1, 0.15) is 28.0 Å². The molecule has 5 N–H and O–H groups in total. The van der Waals surface area contributed by atoms with Crippen molar-refractivity contribution in [2.24, 2.45) is 5.73 Å². The maximum atomic E-state index is 12.2. The number of halogens is 1. The van der Waals surface area contributed by atoms with Gasteiger partial charge in [-0.05, 0) is 44.2 Å². The first-order valence-electron chi connectivity index (χ1n) is 7.59. The summed E-state index contributed by atoms with van der Waals surface area (Å²) in [6.45, 7) is 1.97. The van der Waals surface area contributed by atoms with Crippen LogP contribution in [-0.2, 0) is 16.2 Å². The average molecular weight is 383 g/mol. The summed E-state index contributed by atoms with van der Waals surface area (Å²) in [6, 6.07) is 5.94. The molecular weight excluding hydrogens is 364 g/mol. The van der Waals surface area contributed by atoms with Gasteiger partial charge >= 0.3 is 11.8 Å². The van der Waals surface area contributed by atoms with Crippen molar-refractivity contribution in [3.63, 3.8) is 0 Å². The number of aryl methyl sites for hydroxylation is 1. The number of nitrogens with one attached hydrogen (secondary N) is 2. The summed E-state index contributed by atoms with van der Waals surface area (Å²) in [5, 5.41) is 15.6. The first-order chi connectivity index (χ1) is 11.9. The van der Waals surface area contributed by atoms with Gasteiger partial charge in [0, 0.05) is 10.7 Å². The molecule has 134 valence electrons. The van der Waals surface area contributed by atoms with Crippen molar-refractivity contribution >= 4 is 40.4 Å². The van der Waals surface area contributed by atoms with Crippen molar-refractivity contribution in [2.45, 2.75) is 26.0 Å². The number of rotatable bonds is 6. The number of nitrogens with zero attached hydrogens (tertiary/aromatic N) is 1. The Labute approximate surface area is 154 Å². The largest absolute Gasteiger partial charge is 0.391 e. The lowest BCUT2D eigenvalue weighted by Gasteiger charge is -2.15. The van der Waals surface area contributed by atoms with Crippen LogP contribution in [0, 0.1) is 6.92 Å². The van der Waals surface area contributed by atoms with Crippen molar-refractivity contribution in [3.05, 3.63) is 44.9 Å². The monoisotopic (exact) mass is 382 g/mol. The molecule has 0 unspecified atom stereocenters. The SMILES string of the molecule is Cc1nc([C@H](CCN)NC(=O)C(=O)Nc2ccc(Cl)cc2)sc1CO. The second-order valence-corrected chi connectivity index (χ2v) is 6.83. The number of aliphatic hydroxyl groups excluding tert-OH is 1. The minimum absolute atomic E-state index is 0.121. The number of amides is 2. The molecule has 0 spiro atoms. The Balaban J connectivity index is 2.05. The number of anilines is 1. The molecule has 7 nitrogen and oxygen atoms in total. The van der Waals surface area contributed by atoms with Crippen molar-refractivity contribution in [1.82, 2.24) is 10.3 Å². The highest BCUT2D eigenvalue weighted by Crippen LogP contribution is 2.25. The lowest BCUT2D eigenvalue weighted by molar-refractivity contribution is -0.136. The van der Waals surface area contributed by atoms with Gasteiger partial charge in [-0.25, -0.2) is 4.98 Å². The average Bonchev–Trinajstić information content (AvgIpc) is 2.97. The van der Waals surface area contributed by atoms with Gasteiger partial charge in [-0.3, -0.25) is 9.59 Å². The topological polar surface area (TPSA) is 117 Å². The molecule has 0 radical (unpaired) electrons. The van der Waals surface area contributed by atoms with Gasteiger partial charge in [0.25, 0.3) is 0 Å². The van der Waals surface area contributed by atoms with Gasteiger partial charge in [0.05, 0.1) is 23.2 Å². The molecule has 0 aliphatic rings. The number of nitrogens with two attached hydrogens (primary N) is 1. The molecule has 25 heavy (non-hydrogen) atoms. The minimum Gasteiger partial charge on any atom is -0.391 e. The molecule has 1 aromatic carbocycles. The molecule has 1 aromatic heterocycles. The first-order valence-corrected chi connectivity index (χ1v) is 8.78. The van der Waals surface area contributed by atoms with Gasteiger partial charge in [0.2, 0.25) is 0 Å². The van der Waals surface area contributed by atoms with Crippen LogP contribution >= 0.6 is 22.9 Å². The summed E-state index contributed by atoms with van der Waals surface area (Å²) in [4.78, 5) is 29.3. The Hall–Kier alpha value is -2.00. The van der Waals surface area contributed by atoms with E-state index in [0.29, 0.717) is 34.4 Å². The molecule has 2 aromatic rings. The Morgan fingerprint density at radius 3 is 2.56 bits per heavy atom. The number of aromatic nitrogens is 1. The van der Waals surface area contributed by atoms with Crippen LogP contribution in [0.3, 0.4) is 0 Å². The molecular formula is C16H19ClN4O3S. The van der Waals surface area contributed by atoms with Crippen molar-refractivity contribution in [3.8, 4) is 0 Å². The Morgan fingerprint density at radius 2 is 2.00 bits per heavy atom. The number of thiazole rings is 1. The summed E-state index contributed by atoms with van der Waals surface area (Å²) < 4.78 is 0. The highest BCUT2D eigenvalue weighted by atomic mass is 35.5. The second kappa shape index (κ2) is 8.91. The predicted octanol–water partition coefficient (Wildman–Crippen LogP) is 1.74. The molecule has 0 saturated heterocycles. The molecule has 9 heteroatoms. The number of aliphatic hydroxyl groups is 1. The maximum absolute atomic E-state index is 12.2. The lowest BCUT2D eigenvalue weighted by Crippen LogP contribution is -2.38. The fourth-order valence-electron chi connectivity index (χ4n) is 2.12. The van der Waals surface area contributed by atoms with E-state index in [9.17, 15) is 14.7 Å². The van der Waals surface area contributed by atoms with Crippen LogP contribution in [-0.4, -0.2) is 28.4 Å². The van der Waals surface area contributed by atoms with Crippen LogP contribution in [0.2, 0.25) is 5.02 Å². The molecule has 2 rings (SSSR count). The van der Waals surface area contributed by atoms with Crippen LogP contribution < -0.4 is 16.4 Å². The highest BCUT2D eigenvalue weighted by molar-refractivity contribution is 7.11. The zero-order chi connectivity index (χ0) is 18.4. The van der Waals surface area contributed by atoms with Crippen LogP contribution in [0.4, 0.5) is 5.69 Å². The van der Waals surface area contributed by atoms with E-state index < -0.39 is 17.9 Å². The summed E-state index contributed by atoms with van der Waals surface area (Å²) in [7, 11) is 0. The zero-order valence-corrected chi connectivity index (χ0v) is 15.2. The maximum Gasteiger partial charge on any atom is 0.313 e. The van der Waals surface area contributed by atoms with Gasteiger partial charge in [-0.15, -0.1) is 11.3 Å². The van der Waals surface area contributed by atoms with Gasteiger partial charge in [-0.2, -0.15) is 0 Å². The first kappa shape index (κ1) is 19.3. The highest BCUT2D eigenvalue weighted by Gasteiger charge is 2.23. The van der Waals surface area contributed by atoms with Gasteiger partial charge in [0.15, 0.2) is 0 Å². The summed E-state index contributed by atoms with van der Waals surface area (Å²) in [6.07, 6.45) is 0.428. The van der Waals surface area contributed by atoms with E-state index in [1.54, 1.807) is 31.2 Å². The van der Waals surface area contributed by atoms with E-state index >= 15 is 0 Å². The number of carbonyl (C=O) groups excluding carboxylic acids is 2. The molecule has 1 atom stereocenters. The summed E-state index contributed by atoms with van der Waals surface area (Å²) >= 11 is 7.07. The third kappa shape index (κ3) is 5.23. The Bertz CT molecular complexity index is 748. The van der Waals surface area contributed by atoms with Crippen molar-refractivity contribution < 1.29 is 14.7 Å². The predicted molar refractivity (Wildman–Crippen MR) is 97.4 cm³/mol. The number of carbonyl (C=O) groups is 2. The molecule has 0 aliphatic heterocycles. The standard InChI is InChI=1S/C16H19ClN4O3S/c1-9-13(8-22)25-16(19-9)12(6-7-18)21-15(24)14(23)20-11-4-2-10(17)3-5-11/h2-5,12,22H,6-8,18H2,1H3,(H,20,23)(H,21,24)/t12-/m0/s1. The van der Waals surface area contributed by atoms with Crippen LogP contribution in [0.25, 0.3) is 0 Å². The molecule has 0 fully saturated rings. The van der Waals surface area contributed by atoms with Crippen molar-refractivity contribution in [1.29, 1.82) is 0 Å². The normalized spacial score (nSPS) is 11.8. The molecule has 0 aliphatic carbocycles. The zero-order valence-electron chi connectivity index (χ0n) is 13.6. The quantitative estimate of drug-likeness (QED) is 0.568. The van der Waals surface area contributed by atoms with E-state index in [1.165, 1.54) is 11.3 Å². The van der Waals surface area contributed by atoms with Crippen LogP contribution in [0.5, 0.6) is 0 Å². The minimum atomic E-state index is -0.792. The van der Waals surface area contributed by atoms with E-state index in [1.807, 2.05) is 0 Å². The number of hydrogen-bond donors (Lipinski definition) is 4. The van der Waals surface area contributed by atoms with Gasteiger partial charge in [0.1, 0.15) is 5.01 Å². The number of benzene rings is 1.